The molecule has 0 aliphatic rings. The van der Waals surface area contributed by atoms with Crippen LogP contribution in [0.4, 0.5) is 5.69 Å². The minimum absolute atomic E-state index is 0.143. The summed E-state index contributed by atoms with van der Waals surface area (Å²) in [6.07, 6.45) is 0. The zero-order valence-electron chi connectivity index (χ0n) is 6.82. The summed E-state index contributed by atoms with van der Waals surface area (Å²) in [4.78, 5) is 9.94. The van der Waals surface area contributed by atoms with Crippen molar-refractivity contribution < 1.29 is 4.92 Å². The van der Waals surface area contributed by atoms with Crippen LogP contribution in [0.5, 0.6) is 0 Å². The molecule has 0 atom stereocenters. The SMILES string of the molecule is N#CC#Cc1cc(Cl)ccc1[N+](=O)[O-]. The Morgan fingerprint density at radius 3 is 2.79 bits per heavy atom. The van der Waals surface area contributed by atoms with Gasteiger partial charge in [-0.05, 0) is 18.1 Å². The van der Waals surface area contributed by atoms with E-state index in [2.05, 4.69) is 11.8 Å². The minimum Gasteiger partial charge on any atom is -0.258 e. The maximum atomic E-state index is 10.5. The molecule has 1 rings (SSSR count). The van der Waals surface area contributed by atoms with Crippen LogP contribution < -0.4 is 0 Å². The second-order valence-corrected chi connectivity index (χ2v) is 2.72. The Labute approximate surface area is 84.9 Å². The van der Waals surface area contributed by atoms with Crippen LogP contribution in [-0.4, -0.2) is 4.92 Å². The third-order valence-corrected chi connectivity index (χ3v) is 1.64. The molecule has 0 aromatic heterocycles. The molecule has 0 bridgehead atoms. The van der Waals surface area contributed by atoms with Crippen molar-refractivity contribution in [3.8, 4) is 17.9 Å². The van der Waals surface area contributed by atoms with Gasteiger partial charge >= 0.3 is 0 Å². The average Bonchev–Trinajstić information content (AvgIpc) is 2.14. The fourth-order valence-corrected chi connectivity index (χ4v) is 1.03. The van der Waals surface area contributed by atoms with Crippen molar-refractivity contribution in [2.75, 3.05) is 0 Å². The maximum Gasteiger partial charge on any atom is 0.285 e. The Bertz CT molecular complexity index is 480. The summed E-state index contributed by atoms with van der Waals surface area (Å²) in [5, 5.41) is 19.1. The Kier molecular flexibility index (Phi) is 3.06. The van der Waals surface area contributed by atoms with E-state index in [9.17, 15) is 10.1 Å². The number of nitriles is 1. The molecule has 0 N–H and O–H groups in total. The molecule has 68 valence electrons. The molecule has 0 unspecified atom stereocenters. The highest BCUT2D eigenvalue weighted by Crippen LogP contribution is 2.21. The van der Waals surface area contributed by atoms with Gasteiger partial charge in [0.25, 0.3) is 5.69 Å². The lowest BCUT2D eigenvalue weighted by Gasteiger charge is -1.95. The molecule has 0 aliphatic heterocycles. The first kappa shape index (κ1) is 10.0. The third kappa shape index (κ3) is 2.22. The van der Waals surface area contributed by atoms with Gasteiger partial charge in [0.15, 0.2) is 6.07 Å². The first-order valence-corrected chi connectivity index (χ1v) is 3.87. The van der Waals surface area contributed by atoms with Crippen molar-refractivity contribution >= 4 is 17.3 Å². The third-order valence-electron chi connectivity index (χ3n) is 1.41. The molecule has 14 heavy (non-hydrogen) atoms. The average molecular weight is 207 g/mol. The van der Waals surface area contributed by atoms with Crippen molar-refractivity contribution in [1.82, 2.24) is 0 Å². The van der Waals surface area contributed by atoms with E-state index < -0.39 is 4.92 Å². The van der Waals surface area contributed by atoms with Crippen LogP contribution in [0.3, 0.4) is 0 Å². The minimum atomic E-state index is -0.572. The number of hydrogen-bond acceptors (Lipinski definition) is 3. The molecule has 0 heterocycles. The first-order chi connectivity index (χ1) is 6.65. The predicted octanol–water partition coefficient (Wildman–Crippen LogP) is 2.12. The van der Waals surface area contributed by atoms with Crippen LogP contribution in [0.15, 0.2) is 18.2 Å². The molecular weight excluding hydrogens is 204 g/mol. The summed E-state index contributed by atoms with van der Waals surface area (Å²) in [6.45, 7) is 0. The van der Waals surface area contributed by atoms with E-state index in [0.29, 0.717) is 5.02 Å². The highest BCUT2D eigenvalue weighted by molar-refractivity contribution is 6.30. The van der Waals surface area contributed by atoms with Gasteiger partial charge in [0.2, 0.25) is 0 Å². The van der Waals surface area contributed by atoms with Gasteiger partial charge in [-0.2, -0.15) is 5.26 Å². The van der Waals surface area contributed by atoms with Gasteiger partial charge in [-0.3, -0.25) is 10.1 Å². The van der Waals surface area contributed by atoms with Gasteiger partial charge < -0.3 is 0 Å². The van der Waals surface area contributed by atoms with E-state index in [1.54, 1.807) is 6.07 Å². The van der Waals surface area contributed by atoms with Crippen LogP contribution in [0.1, 0.15) is 5.56 Å². The predicted molar refractivity (Wildman–Crippen MR) is 50.6 cm³/mol. The van der Waals surface area contributed by atoms with E-state index in [1.807, 2.05) is 0 Å². The molecule has 1 aromatic carbocycles. The number of hydrogen-bond donors (Lipinski definition) is 0. The zero-order valence-corrected chi connectivity index (χ0v) is 7.58. The molecule has 1 aromatic rings. The van der Waals surface area contributed by atoms with Crippen molar-refractivity contribution in [2.45, 2.75) is 0 Å². The number of nitro benzene ring substituents is 1. The van der Waals surface area contributed by atoms with Crippen LogP contribution >= 0.6 is 11.6 Å². The molecule has 0 saturated heterocycles. The lowest BCUT2D eigenvalue weighted by Crippen LogP contribution is -1.91. The molecule has 0 aliphatic carbocycles. The molecule has 4 nitrogen and oxygen atoms in total. The number of nitrogens with zero attached hydrogens (tertiary/aromatic N) is 2. The van der Waals surface area contributed by atoms with Crippen LogP contribution in [0, 0.1) is 33.3 Å². The largest absolute Gasteiger partial charge is 0.285 e. The van der Waals surface area contributed by atoms with E-state index in [4.69, 9.17) is 16.9 Å². The molecule has 0 radical (unpaired) electrons. The molecule has 0 amide bonds. The van der Waals surface area contributed by atoms with Gasteiger partial charge in [-0.25, -0.2) is 0 Å². The molecule has 0 spiro atoms. The summed E-state index contributed by atoms with van der Waals surface area (Å²) in [5.74, 6) is 4.43. The van der Waals surface area contributed by atoms with E-state index in [0.717, 1.165) is 0 Å². The van der Waals surface area contributed by atoms with Gasteiger partial charge in [0.05, 0.1) is 4.92 Å². The van der Waals surface area contributed by atoms with Crippen LogP contribution in [-0.2, 0) is 0 Å². The molecular formula is C9H3ClN2O2. The Hall–Kier alpha value is -2.04. The van der Waals surface area contributed by atoms with Crippen molar-refractivity contribution in [3.05, 3.63) is 38.9 Å². The van der Waals surface area contributed by atoms with Crippen LogP contribution in [0.25, 0.3) is 0 Å². The summed E-state index contributed by atoms with van der Waals surface area (Å²) < 4.78 is 0. The first-order valence-electron chi connectivity index (χ1n) is 3.49. The van der Waals surface area contributed by atoms with Crippen molar-refractivity contribution in [1.29, 1.82) is 5.26 Å². The second-order valence-electron chi connectivity index (χ2n) is 2.28. The zero-order chi connectivity index (χ0) is 10.6. The topological polar surface area (TPSA) is 66.9 Å². The van der Waals surface area contributed by atoms with E-state index in [1.165, 1.54) is 18.2 Å². The fraction of sp³-hybridized carbons (Fsp3) is 0. The summed E-state index contributed by atoms with van der Waals surface area (Å²) in [5.41, 5.74) is -0.0128. The lowest BCUT2D eigenvalue weighted by atomic mass is 10.2. The van der Waals surface area contributed by atoms with Crippen LogP contribution in [0.2, 0.25) is 5.02 Å². The number of nitro groups is 1. The number of halogens is 1. The summed E-state index contributed by atoms with van der Waals surface area (Å²) in [7, 11) is 0. The highest BCUT2D eigenvalue weighted by atomic mass is 35.5. The Morgan fingerprint density at radius 2 is 2.21 bits per heavy atom. The lowest BCUT2D eigenvalue weighted by molar-refractivity contribution is -0.385. The summed E-state index contributed by atoms with van der Waals surface area (Å²) >= 11 is 5.63. The second kappa shape index (κ2) is 4.27. The smallest absolute Gasteiger partial charge is 0.258 e. The molecule has 0 saturated carbocycles. The molecule has 0 fully saturated rings. The normalized spacial score (nSPS) is 8.29. The highest BCUT2D eigenvalue weighted by Gasteiger charge is 2.11. The summed E-state index contributed by atoms with van der Waals surface area (Å²) in [6, 6.07) is 5.58. The van der Waals surface area contributed by atoms with E-state index >= 15 is 0 Å². The van der Waals surface area contributed by atoms with E-state index in [-0.39, 0.29) is 11.3 Å². The quantitative estimate of drug-likeness (QED) is 0.402. The Balaban J connectivity index is 3.31. The maximum absolute atomic E-state index is 10.5. The Morgan fingerprint density at radius 1 is 1.50 bits per heavy atom. The van der Waals surface area contributed by atoms with Gasteiger partial charge in [-0.1, -0.05) is 11.6 Å². The number of benzene rings is 1. The fourth-order valence-electron chi connectivity index (χ4n) is 0.863. The number of rotatable bonds is 1. The van der Waals surface area contributed by atoms with Gasteiger partial charge in [0, 0.05) is 17.0 Å². The van der Waals surface area contributed by atoms with Gasteiger partial charge in [0.1, 0.15) is 5.56 Å². The standard InChI is InChI=1S/C9H3ClN2O2/c10-8-3-4-9(12(13)14)7(6-8)2-1-5-11/h3-4,6H. The molecule has 5 heteroatoms. The van der Waals surface area contributed by atoms with Crippen molar-refractivity contribution in [2.24, 2.45) is 0 Å². The monoisotopic (exact) mass is 206 g/mol. The van der Waals surface area contributed by atoms with Gasteiger partial charge in [-0.15, -0.1) is 0 Å². The van der Waals surface area contributed by atoms with Crippen molar-refractivity contribution in [3.63, 3.8) is 0 Å².